The van der Waals surface area contributed by atoms with Gasteiger partial charge in [-0.05, 0) is 45.2 Å². The van der Waals surface area contributed by atoms with Crippen LogP contribution in [0, 0.1) is 0 Å². The van der Waals surface area contributed by atoms with Gasteiger partial charge in [0, 0.05) is 55.6 Å². The zero-order valence-corrected chi connectivity index (χ0v) is 20.2. The van der Waals surface area contributed by atoms with Crippen LogP contribution in [0.25, 0.3) is 44.7 Å². The molecule has 1 aliphatic rings. The number of benzene rings is 1. The highest BCUT2D eigenvalue weighted by Crippen LogP contribution is 2.32. The molecule has 1 fully saturated rings. The zero-order chi connectivity index (χ0) is 23.9. The predicted molar refractivity (Wildman–Crippen MR) is 141 cm³/mol. The standard InChI is InChI=1S/C26H29N9/c1-16(2)29-18-11-17(13-27-14-18)21-12-19-22(15-28-21)32-33-24(19)26-30-20-5-4-6-23(25(20)31-26)35-9-7-34(3)8-10-35/h4-6,11-16,29H,7-10H2,1-3H3,(H,30,31)(H,32,33). The number of nitrogens with one attached hydrogen (secondary N) is 3. The number of rotatable bonds is 5. The van der Waals surface area contributed by atoms with Gasteiger partial charge >= 0.3 is 0 Å². The molecule has 0 atom stereocenters. The van der Waals surface area contributed by atoms with Gasteiger partial charge < -0.3 is 20.1 Å². The molecule has 178 valence electrons. The Kier molecular flexibility index (Phi) is 5.33. The molecular weight excluding hydrogens is 438 g/mol. The normalized spacial score (nSPS) is 14.9. The number of fused-ring (bicyclic) bond motifs is 2. The highest BCUT2D eigenvalue weighted by molar-refractivity contribution is 5.96. The molecule has 5 aromatic rings. The Morgan fingerprint density at radius 2 is 1.86 bits per heavy atom. The second-order valence-corrected chi connectivity index (χ2v) is 9.50. The monoisotopic (exact) mass is 467 g/mol. The van der Waals surface area contributed by atoms with E-state index in [0.717, 1.165) is 76.6 Å². The van der Waals surface area contributed by atoms with Gasteiger partial charge in [0.25, 0.3) is 0 Å². The van der Waals surface area contributed by atoms with E-state index in [1.807, 2.05) is 18.6 Å². The van der Waals surface area contributed by atoms with E-state index in [9.17, 15) is 0 Å². The van der Waals surface area contributed by atoms with Crippen molar-refractivity contribution in [2.24, 2.45) is 0 Å². The molecule has 0 spiro atoms. The largest absolute Gasteiger partial charge is 0.382 e. The van der Waals surface area contributed by atoms with Gasteiger partial charge in [0.1, 0.15) is 11.2 Å². The van der Waals surface area contributed by atoms with Gasteiger partial charge in [-0.3, -0.25) is 15.1 Å². The Morgan fingerprint density at radius 3 is 2.69 bits per heavy atom. The van der Waals surface area contributed by atoms with Crippen molar-refractivity contribution < 1.29 is 0 Å². The lowest BCUT2D eigenvalue weighted by Gasteiger charge is -2.34. The lowest BCUT2D eigenvalue weighted by molar-refractivity contribution is 0.313. The van der Waals surface area contributed by atoms with Gasteiger partial charge in [-0.25, -0.2) is 4.98 Å². The van der Waals surface area contributed by atoms with Gasteiger partial charge in [0.05, 0.1) is 34.3 Å². The number of pyridine rings is 2. The maximum atomic E-state index is 5.01. The topological polar surface area (TPSA) is 102 Å². The molecule has 6 rings (SSSR count). The van der Waals surface area contributed by atoms with Crippen molar-refractivity contribution in [2.45, 2.75) is 19.9 Å². The molecule has 1 saturated heterocycles. The first-order chi connectivity index (χ1) is 17.0. The van der Waals surface area contributed by atoms with Crippen LogP contribution >= 0.6 is 0 Å². The molecule has 0 bridgehead atoms. The number of aromatic nitrogens is 6. The predicted octanol–water partition coefficient (Wildman–Crippen LogP) is 4.14. The molecule has 3 N–H and O–H groups in total. The number of anilines is 2. The molecule has 0 saturated carbocycles. The minimum atomic E-state index is 0.326. The van der Waals surface area contributed by atoms with Crippen molar-refractivity contribution in [3.05, 3.63) is 48.9 Å². The van der Waals surface area contributed by atoms with Crippen LogP contribution in [0.3, 0.4) is 0 Å². The van der Waals surface area contributed by atoms with Gasteiger partial charge in [0.15, 0.2) is 5.82 Å². The summed E-state index contributed by atoms with van der Waals surface area (Å²) in [6.45, 7) is 8.31. The molecule has 1 aliphatic heterocycles. The Morgan fingerprint density at radius 1 is 1.00 bits per heavy atom. The highest BCUT2D eigenvalue weighted by Gasteiger charge is 2.20. The summed E-state index contributed by atoms with van der Waals surface area (Å²) in [6.07, 6.45) is 5.49. The average Bonchev–Trinajstić information content (AvgIpc) is 3.48. The van der Waals surface area contributed by atoms with E-state index in [0.29, 0.717) is 6.04 Å². The van der Waals surface area contributed by atoms with Gasteiger partial charge in [-0.1, -0.05) is 6.07 Å². The molecule has 0 amide bonds. The number of H-pyrrole nitrogens is 2. The Bertz CT molecular complexity index is 1490. The second-order valence-electron chi connectivity index (χ2n) is 9.50. The second kappa shape index (κ2) is 8.66. The molecule has 0 aliphatic carbocycles. The van der Waals surface area contributed by atoms with Crippen molar-refractivity contribution in [3.8, 4) is 22.8 Å². The lowest BCUT2D eigenvalue weighted by Crippen LogP contribution is -2.44. The number of hydrogen-bond acceptors (Lipinski definition) is 7. The van der Waals surface area contributed by atoms with Crippen LogP contribution in [0.5, 0.6) is 0 Å². The van der Waals surface area contributed by atoms with Crippen LogP contribution in [0.1, 0.15) is 13.8 Å². The van der Waals surface area contributed by atoms with Gasteiger partial charge in [0.2, 0.25) is 0 Å². The third-order valence-electron chi connectivity index (χ3n) is 6.50. The van der Waals surface area contributed by atoms with Crippen molar-refractivity contribution in [3.63, 3.8) is 0 Å². The number of para-hydroxylation sites is 1. The number of piperazine rings is 1. The Hall–Kier alpha value is -3.98. The summed E-state index contributed by atoms with van der Waals surface area (Å²) in [5.41, 5.74) is 7.58. The van der Waals surface area contributed by atoms with Crippen molar-refractivity contribution in [2.75, 3.05) is 43.4 Å². The Labute approximate surface area is 203 Å². The summed E-state index contributed by atoms with van der Waals surface area (Å²) in [5, 5.41) is 12.1. The number of likely N-dealkylation sites (N-methyl/N-ethyl adjacent to an activating group) is 1. The smallest absolute Gasteiger partial charge is 0.159 e. The SMILES string of the molecule is CC(C)Nc1cncc(-c2cc3c(-c4nc5c(N6CCN(C)CC6)cccc5[nH]4)n[nH]c3cn2)c1. The fourth-order valence-corrected chi connectivity index (χ4v) is 4.68. The van der Waals surface area contributed by atoms with Crippen molar-refractivity contribution in [1.29, 1.82) is 0 Å². The minimum Gasteiger partial charge on any atom is -0.382 e. The number of imidazole rings is 1. The third-order valence-corrected chi connectivity index (χ3v) is 6.50. The van der Waals surface area contributed by atoms with Crippen LogP contribution in [-0.4, -0.2) is 74.3 Å². The molecule has 1 aromatic carbocycles. The maximum absolute atomic E-state index is 5.01. The lowest BCUT2D eigenvalue weighted by atomic mass is 10.1. The number of aromatic amines is 2. The van der Waals surface area contributed by atoms with E-state index >= 15 is 0 Å². The van der Waals surface area contributed by atoms with E-state index in [4.69, 9.17) is 4.98 Å². The first-order valence-corrected chi connectivity index (χ1v) is 12.0. The zero-order valence-electron chi connectivity index (χ0n) is 20.2. The van der Waals surface area contributed by atoms with E-state index < -0.39 is 0 Å². The van der Waals surface area contributed by atoms with E-state index in [-0.39, 0.29) is 0 Å². The van der Waals surface area contributed by atoms with E-state index in [2.05, 4.69) is 91.5 Å². The molecule has 0 radical (unpaired) electrons. The number of nitrogens with zero attached hydrogens (tertiary/aromatic N) is 6. The molecule has 9 heteroatoms. The van der Waals surface area contributed by atoms with Crippen LogP contribution in [0.15, 0.2) is 48.9 Å². The molecule has 0 unspecified atom stereocenters. The average molecular weight is 468 g/mol. The molecule has 9 nitrogen and oxygen atoms in total. The quantitative estimate of drug-likeness (QED) is 0.357. The van der Waals surface area contributed by atoms with Crippen LogP contribution in [0.4, 0.5) is 11.4 Å². The minimum absolute atomic E-state index is 0.326. The summed E-state index contributed by atoms with van der Waals surface area (Å²) in [5.74, 6) is 0.748. The molecule has 5 heterocycles. The third kappa shape index (κ3) is 4.08. The number of hydrogen-bond donors (Lipinski definition) is 3. The summed E-state index contributed by atoms with van der Waals surface area (Å²) in [4.78, 5) is 22.3. The van der Waals surface area contributed by atoms with Crippen LogP contribution in [0.2, 0.25) is 0 Å². The summed E-state index contributed by atoms with van der Waals surface area (Å²) in [6, 6.07) is 10.8. The molecular formula is C26H29N9. The fraction of sp³-hybridized carbons (Fsp3) is 0.308. The Balaban J connectivity index is 1.39. The van der Waals surface area contributed by atoms with Crippen LogP contribution in [-0.2, 0) is 0 Å². The highest BCUT2D eigenvalue weighted by atomic mass is 15.3. The first-order valence-electron chi connectivity index (χ1n) is 12.0. The van der Waals surface area contributed by atoms with Gasteiger partial charge in [-0.2, -0.15) is 5.10 Å². The first kappa shape index (κ1) is 21.5. The van der Waals surface area contributed by atoms with E-state index in [1.54, 1.807) is 0 Å². The summed E-state index contributed by atoms with van der Waals surface area (Å²) < 4.78 is 0. The van der Waals surface area contributed by atoms with E-state index in [1.165, 1.54) is 5.69 Å². The summed E-state index contributed by atoms with van der Waals surface area (Å²) in [7, 11) is 2.17. The summed E-state index contributed by atoms with van der Waals surface area (Å²) >= 11 is 0. The van der Waals surface area contributed by atoms with Crippen LogP contribution < -0.4 is 10.2 Å². The van der Waals surface area contributed by atoms with Crippen molar-refractivity contribution in [1.82, 2.24) is 35.0 Å². The fourth-order valence-electron chi connectivity index (χ4n) is 4.68. The van der Waals surface area contributed by atoms with Gasteiger partial charge in [-0.15, -0.1) is 0 Å². The maximum Gasteiger partial charge on any atom is 0.159 e. The van der Waals surface area contributed by atoms with Crippen molar-refractivity contribution >= 4 is 33.3 Å². The molecule has 4 aromatic heterocycles. The molecule has 35 heavy (non-hydrogen) atoms.